The van der Waals surface area contributed by atoms with E-state index < -0.39 is 0 Å². The summed E-state index contributed by atoms with van der Waals surface area (Å²) in [5, 5.41) is 8.28. The van der Waals surface area contributed by atoms with Crippen molar-refractivity contribution in [2.24, 2.45) is 5.92 Å². The molecule has 120 valence electrons. The molecule has 1 unspecified atom stereocenters. The highest BCUT2D eigenvalue weighted by molar-refractivity contribution is 5.29. The van der Waals surface area contributed by atoms with E-state index in [1.54, 1.807) is 7.11 Å². The smallest absolute Gasteiger partial charge is 0.161 e. The molecule has 1 saturated carbocycles. The molecule has 2 rings (SSSR count). The summed E-state index contributed by atoms with van der Waals surface area (Å²) in [6, 6.07) is 0.375. The van der Waals surface area contributed by atoms with Crippen molar-refractivity contribution in [2.75, 3.05) is 13.7 Å². The standard InChI is InChI=1S/C17H31N3O/c1-4-12-18-16(14-10-8-6-7-9-11-14)17-15(21-3)13-19-20(17)5-2/h13-14,16,18H,4-12H2,1-3H3. The van der Waals surface area contributed by atoms with Crippen molar-refractivity contribution in [2.45, 2.75) is 71.4 Å². The molecule has 1 heterocycles. The van der Waals surface area contributed by atoms with Crippen molar-refractivity contribution in [3.05, 3.63) is 11.9 Å². The zero-order chi connectivity index (χ0) is 15.1. The molecule has 1 fully saturated rings. The van der Waals surface area contributed by atoms with Crippen LogP contribution in [-0.4, -0.2) is 23.4 Å². The van der Waals surface area contributed by atoms with E-state index in [1.165, 1.54) is 44.2 Å². The largest absolute Gasteiger partial charge is 0.493 e. The lowest BCUT2D eigenvalue weighted by molar-refractivity contribution is 0.298. The molecule has 1 atom stereocenters. The van der Waals surface area contributed by atoms with Crippen LogP contribution in [0, 0.1) is 5.92 Å². The Morgan fingerprint density at radius 2 is 2.00 bits per heavy atom. The van der Waals surface area contributed by atoms with E-state index in [2.05, 4.69) is 28.9 Å². The average Bonchev–Trinajstić information content (AvgIpc) is 2.73. The predicted octanol–water partition coefficient (Wildman–Crippen LogP) is 3.92. The zero-order valence-corrected chi connectivity index (χ0v) is 13.9. The summed E-state index contributed by atoms with van der Waals surface area (Å²) in [6.07, 6.45) is 11.2. The topological polar surface area (TPSA) is 39.1 Å². The van der Waals surface area contributed by atoms with Crippen LogP contribution in [0.1, 0.15) is 70.5 Å². The summed E-state index contributed by atoms with van der Waals surface area (Å²) >= 11 is 0. The molecule has 0 aromatic carbocycles. The molecular formula is C17H31N3O. The molecule has 21 heavy (non-hydrogen) atoms. The molecule has 0 aliphatic heterocycles. The summed E-state index contributed by atoms with van der Waals surface area (Å²) in [4.78, 5) is 0. The Morgan fingerprint density at radius 3 is 2.57 bits per heavy atom. The van der Waals surface area contributed by atoms with Gasteiger partial charge in [0.2, 0.25) is 0 Å². The minimum absolute atomic E-state index is 0.375. The quantitative estimate of drug-likeness (QED) is 0.774. The van der Waals surface area contributed by atoms with Gasteiger partial charge in [-0.15, -0.1) is 0 Å². The van der Waals surface area contributed by atoms with Gasteiger partial charge in [0.15, 0.2) is 5.75 Å². The van der Waals surface area contributed by atoms with Gasteiger partial charge in [-0.25, -0.2) is 0 Å². The number of hydrogen-bond acceptors (Lipinski definition) is 3. The van der Waals surface area contributed by atoms with E-state index >= 15 is 0 Å². The van der Waals surface area contributed by atoms with Crippen LogP contribution >= 0.6 is 0 Å². The maximum Gasteiger partial charge on any atom is 0.161 e. The Kier molecular flexibility index (Phi) is 6.55. The first-order valence-corrected chi connectivity index (χ1v) is 8.64. The molecule has 4 nitrogen and oxygen atoms in total. The van der Waals surface area contributed by atoms with E-state index in [0.717, 1.165) is 25.3 Å². The van der Waals surface area contributed by atoms with Crippen molar-refractivity contribution in [1.29, 1.82) is 0 Å². The second kappa shape index (κ2) is 8.42. The highest BCUT2D eigenvalue weighted by atomic mass is 16.5. The first-order chi connectivity index (χ1) is 10.3. The SMILES string of the molecule is CCCNC(c1c(OC)cnn1CC)C1CCCCCC1. The van der Waals surface area contributed by atoms with Gasteiger partial charge in [-0.1, -0.05) is 32.6 Å². The van der Waals surface area contributed by atoms with Gasteiger partial charge in [0.25, 0.3) is 0 Å². The molecule has 0 spiro atoms. The van der Waals surface area contributed by atoms with Crippen molar-refractivity contribution >= 4 is 0 Å². The van der Waals surface area contributed by atoms with Gasteiger partial charge in [-0.2, -0.15) is 5.10 Å². The second-order valence-electron chi connectivity index (χ2n) is 6.10. The van der Waals surface area contributed by atoms with Crippen molar-refractivity contribution in [1.82, 2.24) is 15.1 Å². The van der Waals surface area contributed by atoms with Crippen LogP contribution in [-0.2, 0) is 6.54 Å². The molecule has 1 aromatic heterocycles. The molecule has 0 radical (unpaired) electrons. The van der Waals surface area contributed by atoms with Crippen LogP contribution in [0.2, 0.25) is 0 Å². The lowest BCUT2D eigenvalue weighted by Crippen LogP contribution is -2.31. The Balaban J connectivity index is 2.27. The molecule has 1 aliphatic rings. The lowest BCUT2D eigenvalue weighted by atomic mass is 9.89. The number of nitrogens with one attached hydrogen (secondary N) is 1. The molecule has 4 heteroatoms. The number of aromatic nitrogens is 2. The lowest BCUT2D eigenvalue weighted by Gasteiger charge is -2.28. The van der Waals surface area contributed by atoms with E-state index in [-0.39, 0.29) is 0 Å². The van der Waals surface area contributed by atoms with Gasteiger partial charge in [-0.05, 0) is 38.6 Å². The Hall–Kier alpha value is -1.03. The van der Waals surface area contributed by atoms with E-state index in [1.807, 2.05) is 6.20 Å². The highest BCUT2D eigenvalue weighted by Gasteiger charge is 2.29. The maximum absolute atomic E-state index is 5.59. The maximum atomic E-state index is 5.59. The molecule has 1 aromatic rings. The molecule has 0 saturated heterocycles. The third-order valence-corrected chi connectivity index (χ3v) is 4.64. The number of hydrogen-bond donors (Lipinski definition) is 1. The third kappa shape index (κ3) is 4.00. The van der Waals surface area contributed by atoms with Gasteiger partial charge in [0, 0.05) is 6.54 Å². The van der Waals surface area contributed by atoms with Gasteiger partial charge < -0.3 is 10.1 Å². The van der Waals surface area contributed by atoms with E-state index in [4.69, 9.17) is 4.74 Å². The van der Waals surface area contributed by atoms with Crippen LogP contribution < -0.4 is 10.1 Å². The number of nitrogens with zero attached hydrogens (tertiary/aromatic N) is 2. The Labute approximate surface area is 129 Å². The number of methoxy groups -OCH3 is 1. The van der Waals surface area contributed by atoms with Gasteiger partial charge in [-0.3, -0.25) is 4.68 Å². The monoisotopic (exact) mass is 293 g/mol. The molecular weight excluding hydrogens is 262 g/mol. The van der Waals surface area contributed by atoms with Crippen LogP contribution in [0.25, 0.3) is 0 Å². The van der Waals surface area contributed by atoms with Crippen molar-refractivity contribution in [3.8, 4) is 5.75 Å². The summed E-state index contributed by atoms with van der Waals surface area (Å²) in [5.41, 5.74) is 1.25. The first-order valence-electron chi connectivity index (χ1n) is 8.64. The summed E-state index contributed by atoms with van der Waals surface area (Å²) in [5.74, 6) is 1.64. The van der Waals surface area contributed by atoms with Gasteiger partial charge in [0.05, 0.1) is 25.0 Å². The van der Waals surface area contributed by atoms with Crippen LogP contribution in [0.5, 0.6) is 5.75 Å². The predicted molar refractivity (Wildman–Crippen MR) is 86.7 cm³/mol. The number of aryl methyl sites for hydroxylation is 1. The molecule has 1 N–H and O–H groups in total. The molecule has 1 aliphatic carbocycles. The van der Waals surface area contributed by atoms with Gasteiger partial charge in [0.1, 0.15) is 0 Å². The van der Waals surface area contributed by atoms with Crippen molar-refractivity contribution in [3.63, 3.8) is 0 Å². The van der Waals surface area contributed by atoms with Crippen LogP contribution in [0.4, 0.5) is 0 Å². The molecule has 0 bridgehead atoms. The van der Waals surface area contributed by atoms with E-state index in [0.29, 0.717) is 12.0 Å². The van der Waals surface area contributed by atoms with Crippen LogP contribution in [0.3, 0.4) is 0 Å². The fourth-order valence-corrected chi connectivity index (χ4v) is 3.53. The minimum atomic E-state index is 0.375. The number of rotatable bonds is 7. The summed E-state index contributed by atoms with van der Waals surface area (Å²) < 4.78 is 7.70. The Morgan fingerprint density at radius 1 is 1.29 bits per heavy atom. The average molecular weight is 293 g/mol. The minimum Gasteiger partial charge on any atom is -0.493 e. The van der Waals surface area contributed by atoms with Gasteiger partial charge >= 0.3 is 0 Å². The Bertz CT molecular complexity index is 387. The molecule has 0 amide bonds. The van der Waals surface area contributed by atoms with E-state index in [9.17, 15) is 0 Å². The number of ether oxygens (including phenoxy) is 1. The normalized spacial score (nSPS) is 18.4. The fraction of sp³-hybridized carbons (Fsp3) is 0.824. The fourth-order valence-electron chi connectivity index (χ4n) is 3.53. The summed E-state index contributed by atoms with van der Waals surface area (Å²) in [7, 11) is 1.75. The zero-order valence-electron chi connectivity index (χ0n) is 13.9. The first kappa shape index (κ1) is 16.3. The third-order valence-electron chi connectivity index (χ3n) is 4.64. The van der Waals surface area contributed by atoms with Crippen molar-refractivity contribution < 1.29 is 4.74 Å². The summed E-state index contributed by atoms with van der Waals surface area (Å²) in [6.45, 7) is 6.33. The second-order valence-corrected chi connectivity index (χ2v) is 6.10. The highest BCUT2D eigenvalue weighted by Crippen LogP contribution is 2.37. The van der Waals surface area contributed by atoms with Crippen LogP contribution in [0.15, 0.2) is 6.20 Å².